The molecule has 3 N–H and O–H groups in total. The molecule has 3 rings (SSSR count). The molecule has 0 aliphatic carbocycles. The molecule has 1 atom stereocenters. The first-order chi connectivity index (χ1) is 9.72. The zero-order chi connectivity index (χ0) is 14.1. The van der Waals surface area contributed by atoms with Gasteiger partial charge in [0.15, 0.2) is 0 Å². The number of amides is 1. The number of rotatable bonds is 2. The molecule has 1 fully saturated rings. The minimum absolute atomic E-state index is 0.116. The summed E-state index contributed by atoms with van der Waals surface area (Å²) in [6.45, 7) is 1.18. The van der Waals surface area contributed by atoms with Crippen molar-refractivity contribution in [3.05, 3.63) is 23.2 Å². The van der Waals surface area contributed by atoms with Crippen molar-refractivity contribution in [2.75, 3.05) is 32.1 Å². The van der Waals surface area contributed by atoms with E-state index in [1.54, 1.807) is 17.2 Å². The Kier molecular flexibility index (Phi) is 3.56. The SMILES string of the molecule is Nc1c(C(=O)N2CCOCC2CO)sc2ncccc12. The van der Waals surface area contributed by atoms with Crippen LogP contribution in [0.3, 0.4) is 0 Å². The van der Waals surface area contributed by atoms with Crippen molar-refractivity contribution in [3.63, 3.8) is 0 Å². The van der Waals surface area contributed by atoms with Crippen molar-refractivity contribution >= 4 is 33.1 Å². The standard InChI is InChI=1S/C13H15N3O3S/c14-10-9-2-1-3-15-12(9)20-11(10)13(18)16-4-5-19-7-8(16)6-17/h1-3,8,17H,4-7,14H2. The molecule has 0 saturated carbocycles. The Labute approximate surface area is 119 Å². The molecular weight excluding hydrogens is 278 g/mol. The zero-order valence-corrected chi connectivity index (χ0v) is 11.6. The Morgan fingerprint density at radius 2 is 2.50 bits per heavy atom. The minimum Gasteiger partial charge on any atom is -0.397 e. The topological polar surface area (TPSA) is 88.7 Å². The highest BCUT2D eigenvalue weighted by Gasteiger charge is 2.30. The summed E-state index contributed by atoms with van der Waals surface area (Å²) in [5, 5.41) is 10.2. The molecule has 3 heterocycles. The number of hydrogen-bond donors (Lipinski definition) is 2. The van der Waals surface area contributed by atoms with Crippen molar-refractivity contribution in [1.82, 2.24) is 9.88 Å². The number of morpholine rings is 1. The Morgan fingerprint density at radius 3 is 3.25 bits per heavy atom. The van der Waals surface area contributed by atoms with E-state index in [0.717, 1.165) is 10.2 Å². The van der Waals surface area contributed by atoms with E-state index in [-0.39, 0.29) is 18.6 Å². The predicted molar refractivity (Wildman–Crippen MR) is 76.8 cm³/mol. The van der Waals surface area contributed by atoms with Crippen LogP contribution in [0.15, 0.2) is 18.3 Å². The summed E-state index contributed by atoms with van der Waals surface area (Å²) in [6.07, 6.45) is 1.68. The number of anilines is 1. The monoisotopic (exact) mass is 293 g/mol. The van der Waals surface area contributed by atoms with E-state index >= 15 is 0 Å². The van der Waals surface area contributed by atoms with Crippen LogP contribution in [0.1, 0.15) is 9.67 Å². The van der Waals surface area contributed by atoms with Gasteiger partial charge in [-0.25, -0.2) is 4.98 Å². The van der Waals surface area contributed by atoms with E-state index in [1.165, 1.54) is 11.3 Å². The molecule has 106 valence electrons. The van der Waals surface area contributed by atoms with Gasteiger partial charge >= 0.3 is 0 Å². The highest BCUT2D eigenvalue weighted by molar-refractivity contribution is 7.21. The lowest BCUT2D eigenvalue weighted by molar-refractivity contribution is -0.0181. The number of nitrogens with two attached hydrogens (primary N) is 1. The van der Waals surface area contributed by atoms with E-state index in [2.05, 4.69) is 4.98 Å². The van der Waals surface area contributed by atoms with Gasteiger partial charge in [0.2, 0.25) is 0 Å². The Bertz CT molecular complexity index is 643. The molecule has 1 saturated heterocycles. The van der Waals surface area contributed by atoms with Gasteiger partial charge in [-0.3, -0.25) is 4.79 Å². The molecule has 2 aromatic heterocycles. The molecule has 1 aliphatic heterocycles. The van der Waals surface area contributed by atoms with Crippen LogP contribution in [0.4, 0.5) is 5.69 Å². The van der Waals surface area contributed by atoms with Crippen LogP contribution < -0.4 is 5.73 Å². The van der Waals surface area contributed by atoms with E-state index in [1.807, 2.05) is 6.07 Å². The number of pyridine rings is 1. The third-order valence-electron chi connectivity index (χ3n) is 3.40. The Balaban J connectivity index is 1.97. The maximum atomic E-state index is 12.6. The molecule has 7 heteroatoms. The van der Waals surface area contributed by atoms with Crippen molar-refractivity contribution in [2.45, 2.75) is 6.04 Å². The smallest absolute Gasteiger partial charge is 0.266 e. The summed E-state index contributed by atoms with van der Waals surface area (Å²) >= 11 is 1.29. The van der Waals surface area contributed by atoms with Crippen LogP contribution in [0.25, 0.3) is 10.2 Å². The largest absolute Gasteiger partial charge is 0.397 e. The van der Waals surface area contributed by atoms with Gasteiger partial charge in [-0.05, 0) is 12.1 Å². The summed E-state index contributed by atoms with van der Waals surface area (Å²) in [7, 11) is 0. The molecule has 6 nitrogen and oxygen atoms in total. The number of carbonyl (C=O) groups excluding carboxylic acids is 1. The van der Waals surface area contributed by atoms with Crippen LogP contribution in [-0.2, 0) is 4.74 Å². The van der Waals surface area contributed by atoms with Gasteiger partial charge in [-0.15, -0.1) is 11.3 Å². The second kappa shape index (κ2) is 5.35. The maximum absolute atomic E-state index is 12.6. The fourth-order valence-electron chi connectivity index (χ4n) is 2.31. The number of aliphatic hydroxyl groups is 1. The summed E-state index contributed by atoms with van der Waals surface area (Å²) < 4.78 is 5.28. The van der Waals surface area contributed by atoms with Crippen LogP contribution in [-0.4, -0.2) is 53.3 Å². The number of nitrogens with zero attached hydrogens (tertiary/aromatic N) is 2. The Morgan fingerprint density at radius 1 is 1.65 bits per heavy atom. The van der Waals surface area contributed by atoms with Gasteiger partial charge in [0.1, 0.15) is 9.71 Å². The molecule has 1 aliphatic rings. The fourth-order valence-corrected chi connectivity index (χ4v) is 3.33. The summed E-state index contributed by atoms with van der Waals surface area (Å²) in [4.78, 5) is 19.7. The van der Waals surface area contributed by atoms with Gasteiger partial charge in [-0.1, -0.05) is 0 Å². The minimum atomic E-state index is -0.311. The van der Waals surface area contributed by atoms with E-state index in [9.17, 15) is 9.90 Å². The summed E-state index contributed by atoms with van der Waals surface area (Å²) in [6, 6.07) is 3.34. The van der Waals surface area contributed by atoms with Crippen molar-refractivity contribution in [3.8, 4) is 0 Å². The highest BCUT2D eigenvalue weighted by Crippen LogP contribution is 2.33. The van der Waals surface area contributed by atoms with E-state index in [0.29, 0.717) is 30.3 Å². The van der Waals surface area contributed by atoms with Crippen LogP contribution in [0.5, 0.6) is 0 Å². The Hall–Kier alpha value is -1.70. The second-order valence-corrected chi connectivity index (χ2v) is 5.61. The normalized spacial score (nSPS) is 19.4. The number of nitrogen functional groups attached to an aromatic ring is 1. The van der Waals surface area contributed by atoms with Gasteiger partial charge in [0.25, 0.3) is 5.91 Å². The van der Waals surface area contributed by atoms with Crippen LogP contribution in [0, 0.1) is 0 Å². The second-order valence-electron chi connectivity index (χ2n) is 4.61. The predicted octanol–water partition coefficient (Wildman–Crippen LogP) is 0.712. The van der Waals surface area contributed by atoms with E-state index in [4.69, 9.17) is 10.5 Å². The molecule has 0 radical (unpaired) electrons. The number of hydrogen-bond acceptors (Lipinski definition) is 6. The number of carbonyl (C=O) groups is 1. The van der Waals surface area contributed by atoms with Gasteiger partial charge in [0, 0.05) is 18.1 Å². The lowest BCUT2D eigenvalue weighted by atomic mass is 10.2. The van der Waals surface area contributed by atoms with Crippen LogP contribution in [0.2, 0.25) is 0 Å². The molecule has 2 aromatic rings. The molecule has 20 heavy (non-hydrogen) atoms. The average molecular weight is 293 g/mol. The molecule has 0 aromatic carbocycles. The number of ether oxygens (including phenoxy) is 1. The van der Waals surface area contributed by atoms with Crippen LogP contribution >= 0.6 is 11.3 Å². The van der Waals surface area contributed by atoms with Gasteiger partial charge in [0.05, 0.1) is 31.5 Å². The third-order valence-corrected chi connectivity index (χ3v) is 4.52. The first kappa shape index (κ1) is 13.3. The first-order valence-corrected chi connectivity index (χ1v) is 7.16. The fraction of sp³-hybridized carbons (Fsp3) is 0.385. The van der Waals surface area contributed by atoms with Crippen molar-refractivity contribution in [2.24, 2.45) is 0 Å². The number of fused-ring (bicyclic) bond motifs is 1. The van der Waals surface area contributed by atoms with Crippen molar-refractivity contribution in [1.29, 1.82) is 0 Å². The van der Waals surface area contributed by atoms with E-state index < -0.39 is 0 Å². The number of aliphatic hydroxyl groups excluding tert-OH is 1. The molecular formula is C13H15N3O3S. The first-order valence-electron chi connectivity index (χ1n) is 6.35. The van der Waals surface area contributed by atoms with Crippen molar-refractivity contribution < 1.29 is 14.6 Å². The van der Waals surface area contributed by atoms with Gasteiger partial charge < -0.3 is 20.5 Å². The maximum Gasteiger partial charge on any atom is 0.266 e. The summed E-state index contributed by atoms with van der Waals surface area (Å²) in [5.74, 6) is -0.159. The lowest BCUT2D eigenvalue weighted by Crippen LogP contribution is -2.50. The third kappa shape index (κ3) is 2.13. The lowest BCUT2D eigenvalue weighted by Gasteiger charge is -2.34. The molecule has 0 spiro atoms. The molecule has 1 amide bonds. The average Bonchev–Trinajstić information content (AvgIpc) is 2.84. The highest BCUT2D eigenvalue weighted by atomic mass is 32.1. The quantitative estimate of drug-likeness (QED) is 0.851. The number of thiophene rings is 1. The molecule has 1 unspecified atom stereocenters. The summed E-state index contributed by atoms with van der Waals surface area (Å²) in [5.41, 5.74) is 6.53. The zero-order valence-electron chi connectivity index (χ0n) is 10.8. The molecule has 0 bridgehead atoms. The number of aromatic nitrogens is 1. The van der Waals surface area contributed by atoms with Gasteiger partial charge in [-0.2, -0.15) is 0 Å².